The van der Waals surface area contributed by atoms with Gasteiger partial charge in [0.25, 0.3) is 0 Å². The molecule has 0 unspecified atom stereocenters. The Morgan fingerprint density at radius 1 is 1.43 bits per heavy atom. The maximum absolute atomic E-state index is 10.7. The lowest BCUT2D eigenvalue weighted by atomic mass is 9.86. The van der Waals surface area contributed by atoms with Crippen molar-refractivity contribution >= 4 is 5.97 Å². The largest absolute Gasteiger partial charge is 0.481 e. The van der Waals surface area contributed by atoms with Crippen molar-refractivity contribution in [1.82, 2.24) is 5.32 Å². The fraction of sp³-hybridized carbons (Fsp3) is 0.727. The maximum atomic E-state index is 10.7. The number of carbonyl (C=O) groups is 1. The van der Waals surface area contributed by atoms with Gasteiger partial charge in [-0.15, -0.1) is 12.3 Å². The molecule has 0 bridgehead atoms. The molecule has 0 spiro atoms. The van der Waals surface area contributed by atoms with Crippen LogP contribution in [0.3, 0.4) is 0 Å². The van der Waals surface area contributed by atoms with Gasteiger partial charge in [0, 0.05) is 19.0 Å². The highest BCUT2D eigenvalue weighted by Gasteiger charge is 2.25. The third-order valence-electron chi connectivity index (χ3n) is 2.78. The quantitative estimate of drug-likeness (QED) is 0.524. The van der Waals surface area contributed by atoms with Crippen LogP contribution in [-0.4, -0.2) is 23.7 Å². The van der Waals surface area contributed by atoms with E-state index in [0.29, 0.717) is 6.04 Å². The first-order valence-corrected chi connectivity index (χ1v) is 5.13. The van der Waals surface area contributed by atoms with E-state index < -0.39 is 5.97 Å². The highest BCUT2D eigenvalue weighted by Crippen LogP contribution is 2.24. The molecule has 0 saturated heterocycles. The van der Waals surface area contributed by atoms with Crippen LogP contribution in [0, 0.1) is 18.3 Å². The summed E-state index contributed by atoms with van der Waals surface area (Å²) >= 11 is 0. The lowest BCUT2D eigenvalue weighted by molar-refractivity contribution is -0.142. The van der Waals surface area contributed by atoms with Crippen LogP contribution >= 0.6 is 0 Å². The number of terminal acetylenes is 1. The summed E-state index contributed by atoms with van der Waals surface area (Å²) in [5.41, 5.74) is 0. The first-order chi connectivity index (χ1) is 6.74. The molecule has 1 fully saturated rings. The normalized spacial score (nSPS) is 26.8. The molecule has 0 aromatic rings. The molecular formula is C11H17NO2. The van der Waals surface area contributed by atoms with E-state index in [1.54, 1.807) is 0 Å². The van der Waals surface area contributed by atoms with Crippen molar-refractivity contribution in [1.29, 1.82) is 0 Å². The van der Waals surface area contributed by atoms with Gasteiger partial charge in [-0.05, 0) is 25.7 Å². The Morgan fingerprint density at radius 2 is 2.07 bits per heavy atom. The highest BCUT2D eigenvalue weighted by atomic mass is 16.4. The maximum Gasteiger partial charge on any atom is 0.306 e. The SMILES string of the molecule is C#CCCNC1CCC(C(=O)O)CC1. The molecule has 14 heavy (non-hydrogen) atoms. The third kappa shape index (κ3) is 3.39. The first kappa shape index (κ1) is 11.1. The van der Waals surface area contributed by atoms with Crippen LogP contribution in [-0.2, 0) is 4.79 Å². The fourth-order valence-corrected chi connectivity index (χ4v) is 1.89. The van der Waals surface area contributed by atoms with Gasteiger partial charge in [-0.2, -0.15) is 0 Å². The van der Waals surface area contributed by atoms with Gasteiger partial charge in [0.05, 0.1) is 5.92 Å². The minimum Gasteiger partial charge on any atom is -0.481 e. The fourth-order valence-electron chi connectivity index (χ4n) is 1.89. The molecular weight excluding hydrogens is 178 g/mol. The zero-order valence-electron chi connectivity index (χ0n) is 8.33. The Labute approximate surface area is 84.9 Å². The van der Waals surface area contributed by atoms with Crippen molar-refractivity contribution in [2.24, 2.45) is 5.92 Å². The van der Waals surface area contributed by atoms with Crippen molar-refractivity contribution in [3.8, 4) is 12.3 Å². The monoisotopic (exact) mass is 195 g/mol. The van der Waals surface area contributed by atoms with Gasteiger partial charge < -0.3 is 10.4 Å². The minimum atomic E-state index is -0.646. The number of carboxylic acids is 1. The molecule has 1 aliphatic rings. The average Bonchev–Trinajstić information content (AvgIpc) is 2.19. The Kier molecular flexibility index (Phi) is 4.48. The van der Waals surface area contributed by atoms with Crippen LogP contribution < -0.4 is 5.32 Å². The smallest absolute Gasteiger partial charge is 0.306 e. The highest BCUT2D eigenvalue weighted by molar-refractivity contribution is 5.70. The summed E-state index contributed by atoms with van der Waals surface area (Å²) in [4.78, 5) is 10.7. The summed E-state index contributed by atoms with van der Waals surface area (Å²) in [6, 6.07) is 0.471. The van der Waals surface area contributed by atoms with Crippen molar-refractivity contribution in [3.05, 3.63) is 0 Å². The minimum absolute atomic E-state index is 0.124. The predicted molar refractivity (Wildman–Crippen MR) is 54.8 cm³/mol. The number of rotatable bonds is 4. The lowest BCUT2D eigenvalue weighted by Gasteiger charge is -2.26. The number of hydrogen-bond donors (Lipinski definition) is 2. The predicted octanol–water partition coefficient (Wildman–Crippen LogP) is 1.24. The number of aliphatic carboxylic acids is 1. The summed E-state index contributed by atoms with van der Waals surface area (Å²) in [5.74, 6) is 1.81. The summed E-state index contributed by atoms with van der Waals surface area (Å²) in [5, 5.41) is 12.1. The number of hydrogen-bond acceptors (Lipinski definition) is 2. The zero-order valence-corrected chi connectivity index (χ0v) is 8.33. The average molecular weight is 195 g/mol. The van der Waals surface area contributed by atoms with Gasteiger partial charge in [-0.3, -0.25) is 4.79 Å². The van der Waals surface area contributed by atoms with Crippen molar-refractivity contribution < 1.29 is 9.90 Å². The van der Waals surface area contributed by atoms with Crippen LogP contribution in [0.5, 0.6) is 0 Å². The molecule has 1 rings (SSSR count). The molecule has 0 atom stereocenters. The lowest BCUT2D eigenvalue weighted by Crippen LogP contribution is -2.35. The molecule has 0 heterocycles. The molecule has 2 N–H and O–H groups in total. The van der Waals surface area contributed by atoms with Crippen LogP contribution in [0.25, 0.3) is 0 Å². The second-order valence-corrected chi connectivity index (χ2v) is 3.80. The van der Waals surface area contributed by atoms with Gasteiger partial charge >= 0.3 is 5.97 Å². The molecule has 0 radical (unpaired) electrons. The molecule has 0 aliphatic heterocycles. The summed E-state index contributed by atoms with van der Waals surface area (Å²) in [7, 11) is 0. The first-order valence-electron chi connectivity index (χ1n) is 5.13. The van der Waals surface area contributed by atoms with Crippen molar-refractivity contribution in [3.63, 3.8) is 0 Å². The molecule has 3 heteroatoms. The summed E-state index contributed by atoms with van der Waals surface area (Å²) < 4.78 is 0. The van der Waals surface area contributed by atoms with E-state index in [4.69, 9.17) is 11.5 Å². The van der Waals surface area contributed by atoms with Gasteiger partial charge in [0.15, 0.2) is 0 Å². The van der Waals surface area contributed by atoms with Gasteiger partial charge in [-0.1, -0.05) is 0 Å². The standard InChI is InChI=1S/C11H17NO2/c1-2-3-8-12-10-6-4-9(5-7-10)11(13)14/h1,9-10,12H,3-8H2,(H,13,14). The Bertz CT molecular complexity index is 224. The van der Waals surface area contributed by atoms with E-state index in [-0.39, 0.29) is 5.92 Å². The second kappa shape index (κ2) is 5.66. The van der Waals surface area contributed by atoms with E-state index in [2.05, 4.69) is 11.2 Å². The summed E-state index contributed by atoms with van der Waals surface area (Å²) in [6.45, 7) is 0.846. The Morgan fingerprint density at radius 3 is 2.57 bits per heavy atom. The van der Waals surface area contributed by atoms with Crippen LogP contribution in [0.4, 0.5) is 0 Å². The molecule has 1 saturated carbocycles. The second-order valence-electron chi connectivity index (χ2n) is 3.80. The Balaban J connectivity index is 2.16. The molecule has 3 nitrogen and oxygen atoms in total. The molecule has 0 aromatic heterocycles. The van der Waals surface area contributed by atoms with E-state index in [1.807, 2.05) is 0 Å². The Hall–Kier alpha value is -1.01. The molecule has 1 aliphatic carbocycles. The summed E-state index contributed by atoms with van der Waals surface area (Å²) in [6.07, 6.45) is 9.40. The molecule has 0 aromatic carbocycles. The van der Waals surface area contributed by atoms with E-state index in [9.17, 15) is 4.79 Å². The van der Waals surface area contributed by atoms with Crippen LogP contribution in [0.1, 0.15) is 32.1 Å². The van der Waals surface area contributed by atoms with Crippen LogP contribution in [0.2, 0.25) is 0 Å². The van der Waals surface area contributed by atoms with E-state index in [0.717, 1.165) is 38.6 Å². The van der Waals surface area contributed by atoms with Gasteiger partial charge in [-0.25, -0.2) is 0 Å². The topological polar surface area (TPSA) is 49.3 Å². The van der Waals surface area contributed by atoms with Crippen molar-refractivity contribution in [2.45, 2.75) is 38.1 Å². The third-order valence-corrected chi connectivity index (χ3v) is 2.78. The zero-order chi connectivity index (χ0) is 10.4. The van der Waals surface area contributed by atoms with Crippen molar-refractivity contribution in [2.75, 3.05) is 6.54 Å². The van der Waals surface area contributed by atoms with E-state index >= 15 is 0 Å². The van der Waals surface area contributed by atoms with Crippen LogP contribution in [0.15, 0.2) is 0 Å². The number of carboxylic acid groups (broad SMARTS) is 1. The van der Waals surface area contributed by atoms with Gasteiger partial charge in [0.2, 0.25) is 0 Å². The van der Waals surface area contributed by atoms with Gasteiger partial charge in [0.1, 0.15) is 0 Å². The number of nitrogens with one attached hydrogen (secondary N) is 1. The molecule has 78 valence electrons. The van der Waals surface area contributed by atoms with E-state index in [1.165, 1.54) is 0 Å². The molecule has 0 amide bonds.